The number of benzene rings is 2. The lowest BCUT2D eigenvalue weighted by Crippen LogP contribution is -2.23. The Balaban J connectivity index is 2.17. The Morgan fingerprint density at radius 1 is 0.960 bits per heavy atom. The van der Waals surface area contributed by atoms with E-state index < -0.39 is 0 Å². The summed E-state index contributed by atoms with van der Waals surface area (Å²) in [7, 11) is 8.58. The fourth-order valence-corrected chi connectivity index (χ4v) is 2.43. The molecule has 2 rings (SSSR count). The van der Waals surface area contributed by atoms with Crippen LogP contribution in [0.2, 0.25) is 0 Å². The number of amides is 1. The molecule has 0 radical (unpaired) electrons. The van der Waals surface area contributed by atoms with E-state index in [1.807, 2.05) is 37.2 Å². The fourth-order valence-electron chi connectivity index (χ4n) is 2.43. The summed E-state index contributed by atoms with van der Waals surface area (Å²) in [5, 5.41) is 2.91. The first-order chi connectivity index (χ1) is 12.0. The number of hydrogen-bond acceptors (Lipinski definition) is 5. The predicted molar refractivity (Wildman–Crippen MR) is 98.0 cm³/mol. The summed E-state index contributed by atoms with van der Waals surface area (Å²) in [4.78, 5) is 14.4. The summed E-state index contributed by atoms with van der Waals surface area (Å²) in [5.41, 5.74) is 2.37. The summed E-state index contributed by atoms with van der Waals surface area (Å²) in [5.74, 6) is 1.63. The number of hydrogen-bond donors (Lipinski definition) is 1. The Kier molecular flexibility index (Phi) is 6.11. The van der Waals surface area contributed by atoms with Crippen LogP contribution in [0.4, 0.5) is 5.69 Å². The van der Waals surface area contributed by atoms with Crippen LogP contribution in [-0.4, -0.2) is 41.3 Å². The number of rotatable bonds is 7. The van der Waals surface area contributed by atoms with Crippen LogP contribution in [0.25, 0.3) is 0 Å². The van der Waals surface area contributed by atoms with E-state index in [2.05, 4.69) is 5.32 Å². The van der Waals surface area contributed by atoms with E-state index in [0.29, 0.717) is 29.4 Å². The van der Waals surface area contributed by atoms with Gasteiger partial charge in [0.15, 0.2) is 11.5 Å². The number of carbonyl (C=O) groups is 1. The van der Waals surface area contributed by atoms with Crippen molar-refractivity contribution in [2.24, 2.45) is 0 Å². The lowest BCUT2D eigenvalue weighted by Gasteiger charge is -2.15. The molecule has 2 aromatic rings. The molecule has 0 saturated carbocycles. The van der Waals surface area contributed by atoms with E-state index in [0.717, 1.165) is 11.3 Å². The fraction of sp³-hybridized carbons (Fsp3) is 0.316. The van der Waals surface area contributed by atoms with Gasteiger partial charge in [-0.15, -0.1) is 0 Å². The van der Waals surface area contributed by atoms with E-state index in [1.54, 1.807) is 39.5 Å². The number of nitrogens with zero attached hydrogens (tertiary/aromatic N) is 1. The molecule has 0 atom stereocenters. The number of carbonyl (C=O) groups excluding carboxylic acids is 1. The van der Waals surface area contributed by atoms with Gasteiger partial charge < -0.3 is 24.4 Å². The van der Waals surface area contributed by atoms with Crippen molar-refractivity contribution in [2.45, 2.75) is 6.54 Å². The smallest absolute Gasteiger partial charge is 0.251 e. The monoisotopic (exact) mass is 344 g/mol. The third-order valence-corrected chi connectivity index (χ3v) is 3.85. The van der Waals surface area contributed by atoms with Crippen LogP contribution in [0.5, 0.6) is 17.2 Å². The van der Waals surface area contributed by atoms with Gasteiger partial charge in [-0.25, -0.2) is 0 Å². The highest BCUT2D eigenvalue weighted by Crippen LogP contribution is 2.34. The maximum atomic E-state index is 12.4. The second-order valence-electron chi connectivity index (χ2n) is 5.65. The van der Waals surface area contributed by atoms with Crippen LogP contribution in [0.3, 0.4) is 0 Å². The van der Waals surface area contributed by atoms with Crippen molar-refractivity contribution in [3.05, 3.63) is 47.5 Å². The van der Waals surface area contributed by atoms with Crippen LogP contribution in [0, 0.1) is 0 Å². The maximum Gasteiger partial charge on any atom is 0.251 e. The van der Waals surface area contributed by atoms with Crippen molar-refractivity contribution in [3.8, 4) is 17.2 Å². The minimum atomic E-state index is -0.152. The van der Waals surface area contributed by atoms with Gasteiger partial charge in [0.1, 0.15) is 5.75 Å². The minimum Gasteiger partial charge on any atom is -0.496 e. The van der Waals surface area contributed by atoms with Gasteiger partial charge in [0.05, 0.1) is 21.3 Å². The molecule has 134 valence electrons. The van der Waals surface area contributed by atoms with Crippen molar-refractivity contribution in [3.63, 3.8) is 0 Å². The first-order valence-corrected chi connectivity index (χ1v) is 7.84. The van der Waals surface area contributed by atoms with Gasteiger partial charge in [0, 0.05) is 43.5 Å². The zero-order chi connectivity index (χ0) is 18.4. The quantitative estimate of drug-likeness (QED) is 0.837. The molecular weight excluding hydrogens is 320 g/mol. The van der Waals surface area contributed by atoms with Crippen LogP contribution in [0.1, 0.15) is 15.9 Å². The molecular formula is C19H24N2O4. The van der Waals surface area contributed by atoms with Gasteiger partial charge in [0.25, 0.3) is 5.91 Å². The van der Waals surface area contributed by atoms with E-state index in [4.69, 9.17) is 14.2 Å². The third kappa shape index (κ3) is 4.35. The summed E-state index contributed by atoms with van der Waals surface area (Å²) in [6.45, 7) is 0.314. The molecule has 0 saturated heterocycles. The number of ether oxygens (including phenoxy) is 3. The molecule has 0 unspecified atom stereocenters. The SMILES string of the molecule is COc1cc(OC)c(OC)cc1CNC(=O)c1cccc(N(C)C)c1. The summed E-state index contributed by atoms with van der Waals surface area (Å²) < 4.78 is 16.0. The largest absolute Gasteiger partial charge is 0.496 e. The third-order valence-electron chi connectivity index (χ3n) is 3.85. The van der Waals surface area contributed by atoms with Gasteiger partial charge in [-0.1, -0.05) is 6.07 Å². The van der Waals surface area contributed by atoms with E-state index in [1.165, 1.54) is 0 Å². The zero-order valence-corrected chi connectivity index (χ0v) is 15.3. The molecule has 0 bridgehead atoms. The molecule has 0 aliphatic rings. The highest BCUT2D eigenvalue weighted by atomic mass is 16.5. The molecule has 1 amide bonds. The Labute approximate surface area is 148 Å². The molecule has 0 heterocycles. The number of anilines is 1. The van der Waals surface area contributed by atoms with Crippen molar-refractivity contribution >= 4 is 11.6 Å². The molecule has 1 N–H and O–H groups in total. The highest BCUT2D eigenvalue weighted by molar-refractivity contribution is 5.95. The minimum absolute atomic E-state index is 0.152. The summed E-state index contributed by atoms with van der Waals surface area (Å²) in [6.07, 6.45) is 0. The van der Waals surface area contributed by atoms with Gasteiger partial charge in [-0.3, -0.25) is 4.79 Å². The van der Waals surface area contributed by atoms with E-state index in [9.17, 15) is 4.79 Å². The van der Waals surface area contributed by atoms with Crippen LogP contribution < -0.4 is 24.4 Å². The number of nitrogens with one attached hydrogen (secondary N) is 1. The Morgan fingerprint density at radius 2 is 1.60 bits per heavy atom. The summed E-state index contributed by atoms with van der Waals surface area (Å²) in [6, 6.07) is 11.0. The van der Waals surface area contributed by atoms with E-state index >= 15 is 0 Å². The normalized spacial score (nSPS) is 10.1. The lowest BCUT2D eigenvalue weighted by atomic mass is 10.1. The van der Waals surface area contributed by atoms with Crippen molar-refractivity contribution < 1.29 is 19.0 Å². The molecule has 0 spiro atoms. The van der Waals surface area contributed by atoms with Crippen LogP contribution in [0.15, 0.2) is 36.4 Å². The second kappa shape index (κ2) is 8.28. The van der Waals surface area contributed by atoms with Crippen LogP contribution >= 0.6 is 0 Å². The average Bonchev–Trinajstić information content (AvgIpc) is 2.65. The average molecular weight is 344 g/mol. The standard InChI is InChI=1S/C19H24N2O4/c1-21(2)15-8-6-7-13(9-15)19(22)20-12-14-10-17(24-4)18(25-5)11-16(14)23-3/h6-11H,12H2,1-5H3,(H,20,22). The van der Waals surface area contributed by atoms with Gasteiger partial charge in [-0.05, 0) is 24.3 Å². The topological polar surface area (TPSA) is 60.0 Å². The Bertz CT molecular complexity index is 744. The Hall–Kier alpha value is -2.89. The molecule has 0 aromatic heterocycles. The summed E-state index contributed by atoms with van der Waals surface area (Å²) >= 11 is 0. The molecule has 0 aliphatic heterocycles. The second-order valence-corrected chi connectivity index (χ2v) is 5.65. The van der Waals surface area contributed by atoms with Crippen molar-refractivity contribution in [2.75, 3.05) is 40.3 Å². The Morgan fingerprint density at radius 3 is 2.20 bits per heavy atom. The molecule has 0 aliphatic carbocycles. The van der Waals surface area contributed by atoms with Crippen LogP contribution in [-0.2, 0) is 6.54 Å². The van der Waals surface area contributed by atoms with Crippen molar-refractivity contribution in [1.82, 2.24) is 5.32 Å². The molecule has 6 nitrogen and oxygen atoms in total. The maximum absolute atomic E-state index is 12.4. The first-order valence-electron chi connectivity index (χ1n) is 7.84. The zero-order valence-electron chi connectivity index (χ0n) is 15.3. The molecule has 2 aromatic carbocycles. The van der Waals surface area contributed by atoms with Gasteiger partial charge >= 0.3 is 0 Å². The van der Waals surface area contributed by atoms with Crippen molar-refractivity contribution in [1.29, 1.82) is 0 Å². The molecule has 25 heavy (non-hydrogen) atoms. The predicted octanol–water partition coefficient (Wildman–Crippen LogP) is 2.71. The van der Waals surface area contributed by atoms with E-state index in [-0.39, 0.29) is 5.91 Å². The molecule has 0 fully saturated rings. The van der Waals surface area contributed by atoms with Gasteiger partial charge in [-0.2, -0.15) is 0 Å². The first kappa shape index (κ1) is 18.4. The lowest BCUT2D eigenvalue weighted by molar-refractivity contribution is 0.0950. The highest BCUT2D eigenvalue weighted by Gasteiger charge is 2.13. The molecule has 6 heteroatoms. The number of methoxy groups -OCH3 is 3. The van der Waals surface area contributed by atoms with Gasteiger partial charge in [0.2, 0.25) is 0 Å².